The molecule has 0 saturated carbocycles. The van der Waals surface area contributed by atoms with E-state index in [2.05, 4.69) is 9.73 Å². The largest absolute Gasteiger partial charge is 0.573 e. The first-order chi connectivity index (χ1) is 15.3. The molecule has 0 amide bonds. The van der Waals surface area contributed by atoms with Crippen LogP contribution in [0.2, 0.25) is 0 Å². The Morgan fingerprint density at radius 1 is 0.844 bits per heavy atom. The van der Waals surface area contributed by atoms with Crippen molar-refractivity contribution in [3.05, 3.63) is 95.1 Å². The van der Waals surface area contributed by atoms with Crippen LogP contribution in [-0.2, 0) is 6.61 Å². The van der Waals surface area contributed by atoms with Crippen LogP contribution in [0.3, 0.4) is 0 Å². The second-order valence-corrected chi connectivity index (χ2v) is 7.28. The maximum atomic E-state index is 14.0. The van der Waals surface area contributed by atoms with Gasteiger partial charge >= 0.3 is 6.36 Å². The van der Waals surface area contributed by atoms with Gasteiger partial charge in [-0.2, -0.15) is 0 Å². The maximum Gasteiger partial charge on any atom is 0.573 e. The van der Waals surface area contributed by atoms with Gasteiger partial charge in [0.15, 0.2) is 0 Å². The minimum Gasteiger partial charge on any atom is -0.489 e. The molecule has 0 aliphatic carbocycles. The zero-order chi connectivity index (χ0) is 22.7. The first kappa shape index (κ1) is 21.8. The van der Waals surface area contributed by atoms with Crippen LogP contribution in [0.15, 0.2) is 71.7 Å². The van der Waals surface area contributed by atoms with Gasteiger partial charge in [0.05, 0.1) is 11.6 Å². The number of ether oxygens (including phenoxy) is 2. The molecule has 0 radical (unpaired) electrons. The Balaban J connectivity index is 1.37. The topological polar surface area (TPSA) is 30.8 Å². The number of nitrogens with zero attached hydrogens (tertiary/aromatic N) is 1. The number of rotatable bonds is 6. The third kappa shape index (κ3) is 5.25. The van der Waals surface area contributed by atoms with Crippen molar-refractivity contribution in [1.29, 1.82) is 0 Å². The molecule has 3 aromatic rings. The van der Waals surface area contributed by atoms with E-state index >= 15 is 0 Å². The lowest BCUT2D eigenvalue weighted by Crippen LogP contribution is -2.17. The van der Waals surface area contributed by atoms with Crippen LogP contribution in [0.5, 0.6) is 11.5 Å². The minimum absolute atomic E-state index is 0.0680. The summed E-state index contributed by atoms with van der Waals surface area (Å²) >= 11 is 0. The van der Waals surface area contributed by atoms with E-state index in [9.17, 15) is 22.0 Å². The van der Waals surface area contributed by atoms with Crippen LogP contribution >= 0.6 is 0 Å². The van der Waals surface area contributed by atoms with Crippen LogP contribution in [0.4, 0.5) is 22.0 Å². The fourth-order valence-electron chi connectivity index (χ4n) is 3.54. The molecule has 3 nitrogen and oxygen atoms in total. The highest BCUT2D eigenvalue weighted by atomic mass is 19.4. The van der Waals surface area contributed by atoms with E-state index in [0.29, 0.717) is 29.9 Å². The second kappa shape index (κ2) is 8.98. The van der Waals surface area contributed by atoms with E-state index in [1.807, 2.05) is 12.1 Å². The summed E-state index contributed by atoms with van der Waals surface area (Å²) < 4.78 is 74.2. The fourth-order valence-corrected chi connectivity index (χ4v) is 3.54. The van der Waals surface area contributed by atoms with Crippen molar-refractivity contribution in [1.82, 2.24) is 0 Å². The Kier molecular flexibility index (Phi) is 6.12. The normalized spacial score (nSPS) is 16.0. The molecule has 3 aromatic carbocycles. The van der Waals surface area contributed by atoms with Crippen LogP contribution < -0.4 is 9.47 Å². The van der Waals surface area contributed by atoms with E-state index in [-0.39, 0.29) is 24.0 Å². The molecule has 0 saturated heterocycles. The molecular weight excluding hydrogens is 429 g/mol. The quantitative estimate of drug-likeness (QED) is 0.391. The number of benzene rings is 3. The summed E-state index contributed by atoms with van der Waals surface area (Å²) in [5.74, 6) is -0.957. The average molecular weight is 447 g/mol. The molecule has 0 spiro atoms. The molecule has 0 fully saturated rings. The van der Waals surface area contributed by atoms with Crippen molar-refractivity contribution in [2.24, 2.45) is 4.99 Å². The van der Waals surface area contributed by atoms with Crippen molar-refractivity contribution in [3.63, 3.8) is 0 Å². The van der Waals surface area contributed by atoms with Crippen molar-refractivity contribution in [2.45, 2.75) is 31.9 Å². The van der Waals surface area contributed by atoms with Gasteiger partial charge in [-0.1, -0.05) is 30.3 Å². The first-order valence-corrected chi connectivity index (χ1v) is 9.87. The number of halogens is 5. The molecule has 1 unspecified atom stereocenters. The fraction of sp³-hybridized carbons (Fsp3) is 0.208. The Morgan fingerprint density at radius 3 is 2.09 bits per heavy atom. The van der Waals surface area contributed by atoms with Gasteiger partial charge in [-0.25, -0.2) is 8.78 Å². The summed E-state index contributed by atoms with van der Waals surface area (Å²) in [6, 6.07) is 16.2. The zero-order valence-corrected chi connectivity index (χ0v) is 16.7. The third-order valence-electron chi connectivity index (χ3n) is 5.04. The van der Waals surface area contributed by atoms with Crippen molar-refractivity contribution < 1.29 is 31.4 Å². The summed E-state index contributed by atoms with van der Waals surface area (Å²) in [7, 11) is 0. The number of aliphatic imine (C=N–C) groups is 1. The molecule has 0 aromatic heterocycles. The lowest BCUT2D eigenvalue weighted by molar-refractivity contribution is -0.274. The predicted octanol–water partition coefficient (Wildman–Crippen LogP) is 6.77. The predicted molar refractivity (Wildman–Crippen MR) is 109 cm³/mol. The molecule has 8 heteroatoms. The molecule has 1 heterocycles. The standard InChI is InChI=1S/C24H18F5NO2/c25-19-2-1-3-20(26)23(19)22-13-12-21(30-22)16-6-10-17(11-7-16)31-14-15-4-8-18(9-5-15)32-24(27,28)29/h1-11,21H,12-14H2. The van der Waals surface area contributed by atoms with Gasteiger partial charge < -0.3 is 9.47 Å². The van der Waals surface area contributed by atoms with E-state index in [1.165, 1.54) is 42.5 Å². The van der Waals surface area contributed by atoms with Gasteiger partial charge in [0.25, 0.3) is 0 Å². The van der Waals surface area contributed by atoms with Crippen molar-refractivity contribution >= 4 is 5.71 Å². The molecule has 4 rings (SSSR count). The monoisotopic (exact) mass is 447 g/mol. The van der Waals surface area contributed by atoms with Gasteiger partial charge in [-0.05, 0) is 60.4 Å². The van der Waals surface area contributed by atoms with E-state index < -0.39 is 18.0 Å². The van der Waals surface area contributed by atoms with Crippen LogP contribution in [0.1, 0.15) is 35.6 Å². The Morgan fingerprint density at radius 2 is 1.47 bits per heavy atom. The van der Waals surface area contributed by atoms with Crippen LogP contribution in [-0.4, -0.2) is 12.1 Å². The van der Waals surface area contributed by atoms with Crippen LogP contribution in [0.25, 0.3) is 0 Å². The van der Waals surface area contributed by atoms with Gasteiger partial charge in [-0.15, -0.1) is 13.2 Å². The molecule has 0 bridgehead atoms. The van der Waals surface area contributed by atoms with Crippen molar-refractivity contribution in [3.8, 4) is 11.5 Å². The minimum atomic E-state index is -4.73. The second-order valence-electron chi connectivity index (χ2n) is 7.28. The Bertz CT molecular complexity index is 1090. The summed E-state index contributed by atoms with van der Waals surface area (Å²) in [5, 5.41) is 0. The smallest absolute Gasteiger partial charge is 0.489 e. The number of alkyl halides is 3. The highest BCUT2D eigenvalue weighted by molar-refractivity contribution is 6.02. The molecule has 32 heavy (non-hydrogen) atoms. The first-order valence-electron chi connectivity index (χ1n) is 9.87. The Hall–Kier alpha value is -3.42. The van der Waals surface area contributed by atoms with E-state index in [1.54, 1.807) is 12.1 Å². The number of hydrogen-bond acceptors (Lipinski definition) is 3. The lowest BCUT2D eigenvalue weighted by atomic mass is 10.0. The highest BCUT2D eigenvalue weighted by Gasteiger charge is 2.31. The van der Waals surface area contributed by atoms with Gasteiger partial charge in [-0.3, -0.25) is 4.99 Å². The molecule has 0 N–H and O–H groups in total. The van der Waals surface area contributed by atoms with E-state index in [0.717, 1.165) is 5.56 Å². The summed E-state index contributed by atoms with van der Waals surface area (Å²) in [5.41, 5.74) is 1.93. The SMILES string of the molecule is Fc1cccc(F)c1C1=NC(c2ccc(OCc3ccc(OC(F)(F)F)cc3)cc2)CC1. The summed E-state index contributed by atoms with van der Waals surface area (Å²) in [6.45, 7) is 0.171. The van der Waals surface area contributed by atoms with Gasteiger partial charge in [0.2, 0.25) is 0 Å². The third-order valence-corrected chi connectivity index (χ3v) is 5.04. The highest BCUT2D eigenvalue weighted by Crippen LogP contribution is 2.33. The van der Waals surface area contributed by atoms with E-state index in [4.69, 9.17) is 4.74 Å². The summed E-state index contributed by atoms with van der Waals surface area (Å²) in [4.78, 5) is 4.51. The maximum absolute atomic E-state index is 14.0. The van der Waals surface area contributed by atoms with Gasteiger partial charge in [0.1, 0.15) is 29.7 Å². The van der Waals surface area contributed by atoms with Gasteiger partial charge in [0, 0.05) is 5.71 Å². The number of hydrogen-bond donors (Lipinski definition) is 0. The lowest BCUT2D eigenvalue weighted by Gasteiger charge is -2.11. The molecule has 1 aliphatic heterocycles. The molecule has 166 valence electrons. The zero-order valence-electron chi connectivity index (χ0n) is 16.7. The van der Waals surface area contributed by atoms with Crippen molar-refractivity contribution in [2.75, 3.05) is 0 Å². The molecule has 1 aliphatic rings. The molecular formula is C24H18F5NO2. The average Bonchev–Trinajstić information content (AvgIpc) is 3.22. The summed E-state index contributed by atoms with van der Waals surface area (Å²) in [6.07, 6.45) is -3.60. The van der Waals surface area contributed by atoms with Crippen LogP contribution in [0, 0.1) is 11.6 Å². The molecule has 1 atom stereocenters. The Labute approximate surface area is 181 Å².